The quantitative estimate of drug-likeness (QED) is 0.361. The lowest BCUT2D eigenvalue weighted by atomic mass is 10.1. The Morgan fingerprint density at radius 2 is 1.48 bits per heavy atom. The third kappa shape index (κ3) is 3.20. The van der Waals surface area contributed by atoms with Gasteiger partial charge in [0.25, 0.3) is 0 Å². The molecule has 1 aromatic heterocycles. The molecule has 0 aliphatic heterocycles. The molecule has 3 aromatic rings. The Kier molecular flexibility index (Phi) is 5.13. The molecule has 2 aromatic carbocycles. The van der Waals surface area contributed by atoms with Crippen LogP contribution in [0.25, 0.3) is 22.3 Å². The van der Waals surface area contributed by atoms with E-state index in [0.29, 0.717) is 11.1 Å². The highest BCUT2D eigenvalue weighted by Gasteiger charge is 2.26. The maximum Gasteiger partial charge on any atom is 0.402 e. The lowest BCUT2D eigenvalue weighted by Crippen LogP contribution is -3.00. The molecule has 1 heterocycles. The van der Waals surface area contributed by atoms with Crippen molar-refractivity contribution in [2.45, 2.75) is 0 Å². The molecule has 0 amide bonds. The van der Waals surface area contributed by atoms with Gasteiger partial charge < -0.3 is 46.9 Å². The summed E-state index contributed by atoms with van der Waals surface area (Å²) < 4.78 is 15.8. The Bertz CT molecular complexity index is 940. The summed E-state index contributed by atoms with van der Waals surface area (Å²) in [5, 5.41) is 40.0. The van der Waals surface area contributed by atoms with Gasteiger partial charge in [0.2, 0.25) is 11.5 Å². The van der Waals surface area contributed by atoms with Crippen molar-refractivity contribution in [1.29, 1.82) is 0 Å². The number of fused-ring (bicyclic) bond motifs is 1. The van der Waals surface area contributed by atoms with E-state index < -0.39 is 11.5 Å². The van der Waals surface area contributed by atoms with Crippen LogP contribution in [0.2, 0.25) is 0 Å². The van der Waals surface area contributed by atoms with Crippen LogP contribution in [0.5, 0.6) is 34.5 Å². The maximum atomic E-state index is 10.3. The van der Waals surface area contributed by atoms with Crippen LogP contribution in [0.1, 0.15) is 0 Å². The van der Waals surface area contributed by atoms with Crippen LogP contribution in [0.4, 0.5) is 0 Å². The first-order valence-electron chi connectivity index (χ1n) is 6.91. The highest BCUT2D eigenvalue weighted by Crippen LogP contribution is 2.44. The molecule has 0 fully saturated rings. The average molecular weight is 411 g/mol. The van der Waals surface area contributed by atoms with Crippen LogP contribution >= 0.6 is 0 Å². The van der Waals surface area contributed by atoms with Crippen LogP contribution in [-0.4, -0.2) is 34.6 Å². The number of hydrogen-bond donors (Lipinski definition) is 4. The van der Waals surface area contributed by atoms with E-state index in [9.17, 15) is 20.4 Å². The third-order valence-electron chi connectivity index (χ3n) is 3.57. The molecule has 0 saturated carbocycles. The molecule has 132 valence electrons. The van der Waals surface area contributed by atoms with Crippen molar-refractivity contribution >= 4 is 11.0 Å². The van der Waals surface area contributed by atoms with Gasteiger partial charge in [0.15, 0.2) is 11.5 Å². The fourth-order valence-corrected chi connectivity index (χ4v) is 2.43. The van der Waals surface area contributed by atoms with Gasteiger partial charge in [0.1, 0.15) is 16.9 Å². The van der Waals surface area contributed by atoms with Crippen LogP contribution in [-0.2, 0) is 0 Å². The smallest absolute Gasteiger partial charge is 0.402 e. The van der Waals surface area contributed by atoms with Crippen molar-refractivity contribution < 1.29 is 51.3 Å². The second kappa shape index (κ2) is 6.94. The molecule has 0 radical (unpaired) electrons. The number of phenolic OH excluding ortho intramolecular Hbond substituents is 3. The summed E-state index contributed by atoms with van der Waals surface area (Å²) in [4.78, 5) is 0. The number of aromatic hydroxyl groups is 4. The molecule has 0 aliphatic rings. The van der Waals surface area contributed by atoms with E-state index in [4.69, 9.17) is 13.9 Å². The highest BCUT2D eigenvalue weighted by atomic mass is 79.9. The molecule has 0 atom stereocenters. The van der Waals surface area contributed by atoms with E-state index in [2.05, 4.69) is 0 Å². The van der Waals surface area contributed by atoms with Gasteiger partial charge in [0.05, 0.1) is 25.8 Å². The van der Waals surface area contributed by atoms with Crippen molar-refractivity contribution in [3.63, 3.8) is 0 Å². The minimum absolute atomic E-state index is 0. The Labute approximate surface area is 153 Å². The number of rotatable bonds is 3. The zero-order valence-electron chi connectivity index (χ0n) is 13.3. The van der Waals surface area contributed by atoms with Gasteiger partial charge in [-0.2, -0.15) is 0 Å². The van der Waals surface area contributed by atoms with Gasteiger partial charge in [-0.25, -0.2) is 4.42 Å². The Morgan fingerprint density at radius 3 is 2.12 bits per heavy atom. The maximum absolute atomic E-state index is 10.3. The first-order valence-corrected chi connectivity index (χ1v) is 6.91. The fraction of sp³-hybridized carbons (Fsp3) is 0.118. The van der Waals surface area contributed by atoms with Crippen molar-refractivity contribution in [2.75, 3.05) is 14.2 Å². The van der Waals surface area contributed by atoms with Crippen molar-refractivity contribution in [3.8, 4) is 45.8 Å². The normalized spacial score (nSPS) is 10.3. The number of phenols is 3. The molecular formula is C17H15BrO7. The SMILES string of the molecule is COc1cc(-c2[o+]c3cc(O)cc(OC)c3cc2O)cc(O)c1O.[Br-]. The molecular weight excluding hydrogens is 396 g/mol. The molecule has 8 heteroatoms. The first-order chi connectivity index (χ1) is 11.4. The largest absolute Gasteiger partial charge is 1.00 e. The van der Waals surface area contributed by atoms with E-state index in [1.165, 1.54) is 44.6 Å². The topological polar surface area (TPSA) is 111 Å². The number of methoxy groups -OCH3 is 2. The zero-order valence-corrected chi connectivity index (χ0v) is 14.9. The number of benzene rings is 2. The Morgan fingerprint density at radius 1 is 0.800 bits per heavy atom. The predicted molar refractivity (Wildman–Crippen MR) is 85.8 cm³/mol. The standard InChI is InChI=1S/C17H14O7.BrH/c1-22-13-5-9(18)6-14-10(13)7-12(20)17(24-14)8-3-11(19)16(21)15(4-8)23-2;/h3-7H,1-2H3,(H3-,18,19,20,21);1H. The minimum Gasteiger partial charge on any atom is -1.00 e. The van der Waals surface area contributed by atoms with Gasteiger partial charge in [-0.3, -0.25) is 0 Å². The van der Waals surface area contributed by atoms with Crippen LogP contribution in [0.15, 0.2) is 34.7 Å². The summed E-state index contributed by atoms with van der Waals surface area (Å²) in [6.07, 6.45) is 0. The fourth-order valence-electron chi connectivity index (χ4n) is 2.43. The van der Waals surface area contributed by atoms with Crippen molar-refractivity contribution in [1.82, 2.24) is 0 Å². The summed E-state index contributed by atoms with van der Waals surface area (Å²) in [6, 6.07) is 6.81. The van der Waals surface area contributed by atoms with Crippen LogP contribution < -0.4 is 26.5 Å². The van der Waals surface area contributed by atoms with E-state index in [0.717, 1.165) is 0 Å². The minimum atomic E-state index is -0.424. The number of halogens is 1. The van der Waals surface area contributed by atoms with Gasteiger partial charge in [-0.1, -0.05) is 0 Å². The average Bonchev–Trinajstić information content (AvgIpc) is 2.56. The summed E-state index contributed by atoms with van der Waals surface area (Å²) in [5.41, 5.74) is 0.551. The summed E-state index contributed by atoms with van der Waals surface area (Å²) in [6.45, 7) is 0. The molecule has 7 nitrogen and oxygen atoms in total. The van der Waals surface area contributed by atoms with E-state index in [1.54, 1.807) is 0 Å². The first kappa shape index (κ1) is 18.5. The second-order valence-corrected chi connectivity index (χ2v) is 5.07. The summed E-state index contributed by atoms with van der Waals surface area (Å²) in [7, 11) is 2.76. The van der Waals surface area contributed by atoms with Crippen molar-refractivity contribution in [2.24, 2.45) is 0 Å². The van der Waals surface area contributed by atoms with E-state index in [-0.39, 0.29) is 51.1 Å². The number of ether oxygens (including phenoxy) is 2. The third-order valence-corrected chi connectivity index (χ3v) is 3.57. The summed E-state index contributed by atoms with van der Waals surface area (Å²) in [5.74, 6) is -0.725. The summed E-state index contributed by atoms with van der Waals surface area (Å²) >= 11 is 0. The van der Waals surface area contributed by atoms with Gasteiger partial charge in [-0.05, 0) is 0 Å². The molecule has 0 bridgehead atoms. The predicted octanol–water partition coefficient (Wildman–Crippen LogP) is 0.224. The van der Waals surface area contributed by atoms with Gasteiger partial charge >= 0.3 is 11.3 Å². The Hall–Kier alpha value is -2.87. The van der Waals surface area contributed by atoms with Crippen LogP contribution in [0, 0.1) is 0 Å². The zero-order chi connectivity index (χ0) is 17.4. The molecule has 4 N–H and O–H groups in total. The molecule has 0 unspecified atom stereocenters. The Balaban J connectivity index is 0.00000225. The lowest BCUT2D eigenvalue weighted by Gasteiger charge is -2.06. The van der Waals surface area contributed by atoms with E-state index in [1.807, 2.05) is 0 Å². The molecule has 25 heavy (non-hydrogen) atoms. The second-order valence-electron chi connectivity index (χ2n) is 5.07. The molecule has 0 saturated heterocycles. The molecule has 3 rings (SSSR count). The monoisotopic (exact) mass is 410 g/mol. The van der Waals surface area contributed by atoms with Crippen molar-refractivity contribution in [3.05, 3.63) is 30.3 Å². The molecule has 0 aliphatic carbocycles. The number of hydrogen-bond acceptors (Lipinski definition) is 6. The van der Waals surface area contributed by atoms with Crippen LogP contribution in [0.3, 0.4) is 0 Å². The highest BCUT2D eigenvalue weighted by molar-refractivity contribution is 5.88. The lowest BCUT2D eigenvalue weighted by molar-refractivity contribution is -0.00000954. The van der Waals surface area contributed by atoms with Gasteiger partial charge in [-0.15, -0.1) is 0 Å². The molecule has 0 spiro atoms. The van der Waals surface area contributed by atoms with E-state index >= 15 is 0 Å². The van der Waals surface area contributed by atoms with Gasteiger partial charge in [0, 0.05) is 24.3 Å².